The first-order valence-electron chi connectivity index (χ1n) is 21.7. The summed E-state index contributed by atoms with van der Waals surface area (Å²) in [6.45, 7) is 3.50. The van der Waals surface area contributed by atoms with Gasteiger partial charge in [0, 0.05) is 70.5 Å². The second kappa shape index (κ2) is 18.6. The van der Waals surface area contributed by atoms with Gasteiger partial charge in [-0.3, -0.25) is 9.59 Å². The Bertz CT molecular complexity index is 2060. The molecule has 6 amide bonds. The maximum atomic E-state index is 13.4. The third kappa shape index (κ3) is 9.31. The van der Waals surface area contributed by atoms with Crippen molar-refractivity contribution in [2.24, 2.45) is 11.8 Å². The van der Waals surface area contributed by atoms with E-state index in [0.29, 0.717) is 31.8 Å². The minimum atomic E-state index is -1.32. The summed E-state index contributed by atoms with van der Waals surface area (Å²) in [6.07, 6.45) is 13.6. The fraction of sp³-hybridized carbons (Fsp3) is 0.605. The number of esters is 1. The molecule has 1 aromatic carbocycles. The van der Waals surface area contributed by atoms with Crippen LogP contribution < -0.4 is 10.6 Å². The van der Waals surface area contributed by atoms with E-state index in [-0.39, 0.29) is 62.5 Å². The van der Waals surface area contributed by atoms with Crippen molar-refractivity contribution >= 4 is 35.8 Å². The molecule has 0 bridgehead atoms. The first kappa shape index (κ1) is 44.2. The first-order chi connectivity index (χ1) is 29.8. The Hall–Kier alpha value is -5.85. The molecule has 19 nitrogen and oxygen atoms in total. The van der Waals surface area contributed by atoms with Crippen molar-refractivity contribution in [2.75, 3.05) is 46.9 Å². The number of rotatable bonds is 5. The number of aliphatic hydroxyl groups is 1. The van der Waals surface area contributed by atoms with Crippen LogP contribution in [0.1, 0.15) is 77.2 Å². The van der Waals surface area contributed by atoms with E-state index >= 15 is 0 Å². The highest BCUT2D eigenvalue weighted by atomic mass is 16.5. The Kier molecular flexibility index (Phi) is 13.3. The van der Waals surface area contributed by atoms with Crippen molar-refractivity contribution in [2.45, 2.75) is 106 Å². The van der Waals surface area contributed by atoms with Gasteiger partial charge in [-0.1, -0.05) is 54.6 Å². The van der Waals surface area contributed by atoms with Crippen LogP contribution in [-0.2, 0) is 23.9 Å². The lowest BCUT2D eigenvalue weighted by atomic mass is 10.1. The number of aromatic nitrogens is 4. The molecule has 1 aromatic heterocycles. The monoisotopic (exact) mass is 858 g/mol. The highest BCUT2D eigenvalue weighted by Gasteiger charge is 2.63. The Balaban J connectivity index is 0.000000193. The van der Waals surface area contributed by atoms with Crippen LogP contribution in [0, 0.1) is 11.8 Å². The Morgan fingerprint density at radius 1 is 0.806 bits per heavy atom. The molecule has 4 aliphatic heterocycles. The number of benzene rings is 1. The summed E-state index contributed by atoms with van der Waals surface area (Å²) >= 11 is 0. The molecule has 62 heavy (non-hydrogen) atoms. The molecule has 6 aliphatic rings. The molecule has 2 saturated carbocycles. The molecule has 8 rings (SSSR count). The minimum absolute atomic E-state index is 0.0957. The van der Waals surface area contributed by atoms with Crippen molar-refractivity contribution in [3.05, 3.63) is 54.6 Å². The summed E-state index contributed by atoms with van der Waals surface area (Å²) in [7, 11) is 3.43. The SMILES string of the molecule is CCOC(=O)[C@@]12C[C@H]1/C=C\CCCCN(C)C(=O)N1C[C@@H](O)C[C@H]1C(=O)N2.CN1CCCC/C=C\[C@@H]2C[C@@]2(C(=O)O)NC(=O)[C@@H]2C[C@@H](n3nnc(-c4ccccc4)n3)CN2C1=O. The van der Waals surface area contributed by atoms with E-state index in [2.05, 4.69) is 26.0 Å². The fourth-order valence-electron chi connectivity index (χ4n) is 8.95. The molecule has 2 aromatic rings. The molecule has 2 aliphatic carbocycles. The van der Waals surface area contributed by atoms with Gasteiger partial charge in [0.05, 0.1) is 18.8 Å². The summed E-state index contributed by atoms with van der Waals surface area (Å²) in [6, 6.07) is 6.94. The third-order valence-electron chi connectivity index (χ3n) is 12.8. The normalized spacial score (nSPS) is 32.5. The Morgan fingerprint density at radius 3 is 1.98 bits per heavy atom. The summed E-state index contributed by atoms with van der Waals surface area (Å²) in [5.41, 5.74) is -1.55. The van der Waals surface area contributed by atoms with Crippen LogP contribution in [0.15, 0.2) is 54.6 Å². The quantitative estimate of drug-likeness (QED) is 0.251. The van der Waals surface area contributed by atoms with Crippen molar-refractivity contribution in [1.29, 1.82) is 0 Å². The number of urea groups is 2. The summed E-state index contributed by atoms with van der Waals surface area (Å²) in [5, 5.41) is 38.4. The van der Waals surface area contributed by atoms with E-state index in [1.807, 2.05) is 54.6 Å². The lowest BCUT2D eigenvalue weighted by Gasteiger charge is -2.30. The molecular weight excluding hydrogens is 801 g/mol. The lowest BCUT2D eigenvalue weighted by molar-refractivity contribution is -0.149. The number of tetrazole rings is 1. The van der Waals surface area contributed by atoms with Gasteiger partial charge < -0.3 is 45.2 Å². The number of ether oxygens (including phenoxy) is 1. The first-order valence-corrected chi connectivity index (χ1v) is 21.7. The van der Waals surface area contributed by atoms with Gasteiger partial charge in [-0.25, -0.2) is 19.2 Å². The molecule has 0 spiro atoms. The van der Waals surface area contributed by atoms with Crippen LogP contribution in [0.2, 0.25) is 0 Å². The molecule has 0 unspecified atom stereocenters. The zero-order valence-corrected chi connectivity index (χ0v) is 35.6. The topological polar surface area (TPSA) is 233 Å². The number of nitrogens with one attached hydrogen (secondary N) is 2. The number of nitrogens with zero attached hydrogens (tertiary/aromatic N) is 8. The summed E-state index contributed by atoms with van der Waals surface area (Å²) in [5.74, 6) is -2.24. The molecule has 5 heterocycles. The maximum absolute atomic E-state index is 13.4. The predicted molar refractivity (Wildman–Crippen MR) is 223 cm³/mol. The molecule has 4 fully saturated rings. The number of aliphatic hydroxyl groups excluding tert-OH is 1. The van der Waals surface area contributed by atoms with E-state index < -0.39 is 53.0 Å². The Morgan fingerprint density at radius 2 is 1.37 bits per heavy atom. The molecule has 8 atom stereocenters. The maximum Gasteiger partial charge on any atom is 0.332 e. The van der Waals surface area contributed by atoms with Gasteiger partial charge >= 0.3 is 24.0 Å². The standard InChI is InChI=1S/C24H29N7O4.C19H29N3O5/c1-29-12-8-3-2-7-11-17-14-24(17,22(33)34)25-21(32)19-13-18(15-30(19)23(29)35)31-27-20(26-28-31)16-9-5-4-6-10-16;1-3-27-17(25)19-11-13(19)8-6-4-5-7-9-21(2)18(26)22-12-14(23)10-15(22)16(24)20-19/h4-7,9-11,17-19H,2-3,8,12-15H2,1H3,(H,25,32)(H,33,34);6,8,13-15,23H,3-5,7,9-12H2,1-2H3,(H,20,24)/b11-7-;8-6-/t17-,18-,19+,24-;13-,14+,15+,19-/m11/s1. The van der Waals surface area contributed by atoms with Crippen molar-refractivity contribution in [1.82, 2.24) is 50.4 Å². The van der Waals surface area contributed by atoms with Crippen LogP contribution in [0.25, 0.3) is 11.4 Å². The van der Waals surface area contributed by atoms with E-state index in [0.717, 1.165) is 44.1 Å². The zero-order valence-electron chi connectivity index (χ0n) is 35.6. The molecular formula is C43H58N10O9. The second-order valence-electron chi connectivity index (χ2n) is 17.2. The van der Waals surface area contributed by atoms with E-state index in [9.17, 15) is 39.0 Å². The molecule has 334 valence electrons. The van der Waals surface area contributed by atoms with Crippen molar-refractivity contribution in [3.8, 4) is 11.4 Å². The number of aliphatic carboxylic acids is 1. The fourth-order valence-corrected chi connectivity index (χ4v) is 8.95. The van der Waals surface area contributed by atoms with Gasteiger partial charge in [0.15, 0.2) is 0 Å². The van der Waals surface area contributed by atoms with Gasteiger partial charge in [-0.2, -0.15) is 4.80 Å². The van der Waals surface area contributed by atoms with Gasteiger partial charge in [-0.05, 0) is 63.5 Å². The highest BCUT2D eigenvalue weighted by Crippen LogP contribution is 2.47. The van der Waals surface area contributed by atoms with E-state index in [4.69, 9.17) is 4.74 Å². The largest absolute Gasteiger partial charge is 0.479 e. The number of hydrogen-bond acceptors (Lipinski definition) is 11. The summed E-state index contributed by atoms with van der Waals surface area (Å²) in [4.78, 5) is 84.6. The van der Waals surface area contributed by atoms with E-state index in [1.54, 1.807) is 30.8 Å². The Labute approximate surface area is 360 Å². The number of amides is 6. The van der Waals surface area contributed by atoms with Crippen molar-refractivity contribution < 1.29 is 43.7 Å². The molecule has 2 saturated heterocycles. The van der Waals surface area contributed by atoms with Crippen LogP contribution in [-0.4, -0.2) is 162 Å². The van der Waals surface area contributed by atoms with E-state index in [1.165, 1.54) is 14.6 Å². The van der Waals surface area contributed by atoms with Crippen LogP contribution >= 0.6 is 0 Å². The second-order valence-corrected chi connectivity index (χ2v) is 17.2. The van der Waals surface area contributed by atoms with Gasteiger partial charge in [-0.15, -0.1) is 10.2 Å². The molecule has 19 heteroatoms. The number of carboxylic acids is 1. The smallest absolute Gasteiger partial charge is 0.332 e. The average Bonchev–Trinajstić information content (AvgIpc) is 3.82. The van der Waals surface area contributed by atoms with Crippen LogP contribution in [0.4, 0.5) is 9.59 Å². The third-order valence-corrected chi connectivity index (χ3v) is 12.8. The van der Waals surface area contributed by atoms with Crippen LogP contribution in [0.3, 0.4) is 0 Å². The zero-order chi connectivity index (χ0) is 44.2. The summed E-state index contributed by atoms with van der Waals surface area (Å²) < 4.78 is 5.19. The molecule has 0 radical (unpaired) electrons. The van der Waals surface area contributed by atoms with Crippen molar-refractivity contribution in [3.63, 3.8) is 0 Å². The molecule has 4 N–H and O–H groups in total. The van der Waals surface area contributed by atoms with Gasteiger partial charge in [0.25, 0.3) is 0 Å². The lowest BCUT2D eigenvalue weighted by Crippen LogP contribution is -2.55. The minimum Gasteiger partial charge on any atom is -0.479 e. The number of carboxylic acid groups (broad SMARTS) is 1. The van der Waals surface area contributed by atoms with Gasteiger partial charge in [0.1, 0.15) is 23.2 Å². The number of allylic oxidation sites excluding steroid dienone is 2. The number of hydrogen-bond donors (Lipinski definition) is 4. The number of carbonyl (C=O) groups excluding carboxylic acids is 5. The highest BCUT2D eigenvalue weighted by molar-refractivity contribution is 5.96. The number of carbonyl (C=O) groups is 6. The average molecular weight is 859 g/mol. The van der Waals surface area contributed by atoms with Gasteiger partial charge in [0.2, 0.25) is 17.6 Å². The van der Waals surface area contributed by atoms with Crippen LogP contribution in [0.5, 0.6) is 0 Å². The predicted octanol–water partition coefficient (Wildman–Crippen LogP) is 2.36. The number of fused-ring (bicyclic) bond motifs is 4.